The summed E-state index contributed by atoms with van der Waals surface area (Å²) in [6, 6.07) is 12.4. The van der Waals surface area contributed by atoms with Gasteiger partial charge in [0, 0.05) is 49.1 Å². The number of aromatic nitrogens is 1. The van der Waals surface area contributed by atoms with Crippen LogP contribution in [0.3, 0.4) is 0 Å². The number of fused-ring (bicyclic) bond motifs is 7. The van der Waals surface area contributed by atoms with E-state index in [2.05, 4.69) is 28.1 Å². The Balaban J connectivity index is 1.49. The number of carbonyl (C=O) groups is 2. The van der Waals surface area contributed by atoms with Crippen LogP contribution in [0.5, 0.6) is 5.75 Å². The first-order valence-electron chi connectivity index (χ1n) is 16.6. The standard InChI is InChI=1S/C37H49N3O5/c1-36(2,3)45-34(41)25-12-14-28-31(20-25)40-23-37(35(42)39(5)17-19-44-18-16-38-4)22-30(37)29-21-26(43-6)13-15-27(29)33(40)32(28)24-10-8-7-9-11-24/h12-15,20-21,24,30,38H,7-11,16-19,22-23H2,1-6H3/t30-,37?/m0/s1. The summed E-state index contributed by atoms with van der Waals surface area (Å²) >= 11 is 0. The van der Waals surface area contributed by atoms with E-state index in [9.17, 15) is 9.59 Å². The first-order valence-corrected chi connectivity index (χ1v) is 16.6. The molecule has 1 aliphatic heterocycles. The highest BCUT2D eigenvalue weighted by molar-refractivity contribution is 6.00. The number of nitrogens with zero attached hydrogens (tertiary/aromatic N) is 2. The number of benzene rings is 2. The second kappa shape index (κ2) is 12.4. The van der Waals surface area contributed by atoms with Crippen LogP contribution in [-0.2, 0) is 20.8 Å². The third-order valence-electron chi connectivity index (χ3n) is 10.00. The van der Waals surface area contributed by atoms with Crippen LogP contribution in [-0.4, -0.2) is 74.5 Å². The fraction of sp³-hybridized carbons (Fsp3) is 0.568. The molecule has 0 bridgehead atoms. The van der Waals surface area contributed by atoms with Gasteiger partial charge >= 0.3 is 5.97 Å². The molecular weight excluding hydrogens is 566 g/mol. The zero-order valence-corrected chi connectivity index (χ0v) is 27.8. The summed E-state index contributed by atoms with van der Waals surface area (Å²) in [5.41, 5.74) is 5.31. The number of hydrogen-bond donors (Lipinski definition) is 1. The van der Waals surface area contributed by atoms with Crippen LogP contribution < -0.4 is 10.1 Å². The lowest BCUT2D eigenvalue weighted by Crippen LogP contribution is -2.39. The maximum atomic E-state index is 14.4. The van der Waals surface area contributed by atoms with Gasteiger partial charge in [-0.2, -0.15) is 0 Å². The molecule has 0 radical (unpaired) electrons. The van der Waals surface area contributed by atoms with Crippen molar-refractivity contribution >= 4 is 22.8 Å². The largest absolute Gasteiger partial charge is 0.497 e. The van der Waals surface area contributed by atoms with Gasteiger partial charge in [0.2, 0.25) is 5.91 Å². The maximum Gasteiger partial charge on any atom is 0.338 e. The number of amides is 1. The minimum Gasteiger partial charge on any atom is -0.497 e. The number of hydrogen-bond acceptors (Lipinski definition) is 6. The van der Waals surface area contributed by atoms with Crippen LogP contribution in [0, 0.1) is 5.41 Å². The second-order valence-electron chi connectivity index (χ2n) is 14.2. The highest BCUT2D eigenvalue weighted by Gasteiger charge is 2.63. The molecule has 2 heterocycles. The molecule has 8 heteroatoms. The summed E-state index contributed by atoms with van der Waals surface area (Å²) in [6.45, 7) is 8.67. The van der Waals surface area contributed by atoms with E-state index in [0.717, 1.165) is 37.1 Å². The number of esters is 1. The van der Waals surface area contributed by atoms with Crippen LogP contribution >= 0.6 is 0 Å². The number of methoxy groups -OCH3 is 1. The fourth-order valence-electron chi connectivity index (χ4n) is 7.70. The van der Waals surface area contributed by atoms with Crippen LogP contribution in [0.2, 0.25) is 0 Å². The Morgan fingerprint density at radius 3 is 2.56 bits per heavy atom. The monoisotopic (exact) mass is 615 g/mol. The van der Waals surface area contributed by atoms with Crippen molar-refractivity contribution in [2.45, 2.75) is 83.3 Å². The molecule has 1 aromatic heterocycles. The third kappa shape index (κ3) is 5.99. The molecule has 2 saturated carbocycles. The Morgan fingerprint density at radius 1 is 1.07 bits per heavy atom. The van der Waals surface area contributed by atoms with Gasteiger partial charge < -0.3 is 29.0 Å². The average molecular weight is 616 g/mol. The van der Waals surface area contributed by atoms with E-state index in [4.69, 9.17) is 14.2 Å². The quantitative estimate of drug-likeness (QED) is 0.207. The minimum absolute atomic E-state index is 0.0888. The molecule has 0 saturated heterocycles. The molecular formula is C37H49N3O5. The molecule has 3 aliphatic rings. The van der Waals surface area contributed by atoms with E-state index in [-0.39, 0.29) is 17.8 Å². The minimum atomic E-state index is -0.591. The van der Waals surface area contributed by atoms with E-state index in [1.807, 2.05) is 58.0 Å². The van der Waals surface area contributed by atoms with Crippen LogP contribution in [0.15, 0.2) is 36.4 Å². The summed E-state index contributed by atoms with van der Waals surface area (Å²) in [7, 11) is 5.50. The zero-order chi connectivity index (χ0) is 31.9. The van der Waals surface area contributed by atoms with Crippen molar-refractivity contribution in [1.29, 1.82) is 0 Å². The van der Waals surface area contributed by atoms with E-state index in [1.54, 1.807) is 7.11 Å². The van der Waals surface area contributed by atoms with Gasteiger partial charge in [-0.1, -0.05) is 25.3 Å². The molecule has 1 amide bonds. The van der Waals surface area contributed by atoms with Crippen molar-refractivity contribution in [2.75, 3.05) is 47.5 Å². The van der Waals surface area contributed by atoms with Crippen LogP contribution in [0.4, 0.5) is 0 Å². The van der Waals surface area contributed by atoms with Crippen molar-refractivity contribution in [3.8, 4) is 17.0 Å². The van der Waals surface area contributed by atoms with Crippen LogP contribution in [0.25, 0.3) is 22.2 Å². The molecule has 0 spiro atoms. The van der Waals surface area contributed by atoms with Gasteiger partial charge in [-0.15, -0.1) is 0 Å². The van der Waals surface area contributed by atoms with Crippen molar-refractivity contribution < 1.29 is 23.8 Å². The van der Waals surface area contributed by atoms with Crippen molar-refractivity contribution in [3.63, 3.8) is 0 Å². The van der Waals surface area contributed by atoms with E-state index >= 15 is 0 Å². The van der Waals surface area contributed by atoms with Gasteiger partial charge in [-0.25, -0.2) is 4.79 Å². The summed E-state index contributed by atoms with van der Waals surface area (Å²) in [6.07, 6.45) is 6.78. The summed E-state index contributed by atoms with van der Waals surface area (Å²) in [5, 5.41) is 4.27. The molecule has 1 N–H and O–H groups in total. The first kappa shape index (κ1) is 31.6. The van der Waals surface area contributed by atoms with E-state index in [1.165, 1.54) is 47.0 Å². The highest BCUT2D eigenvalue weighted by atomic mass is 16.6. The smallest absolute Gasteiger partial charge is 0.338 e. The average Bonchev–Trinajstić information content (AvgIpc) is 3.69. The third-order valence-corrected chi connectivity index (χ3v) is 10.00. The second-order valence-corrected chi connectivity index (χ2v) is 14.2. The summed E-state index contributed by atoms with van der Waals surface area (Å²) in [4.78, 5) is 29.6. The first-order chi connectivity index (χ1) is 21.6. The molecule has 2 aromatic carbocycles. The summed E-state index contributed by atoms with van der Waals surface area (Å²) in [5.74, 6) is 1.15. The Bertz CT molecular complexity index is 1580. The molecule has 6 rings (SSSR count). The zero-order valence-electron chi connectivity index (χ0n) is 27.8. The Morgan fingerprint density at radius 2 is 1.84 bits per heavy atom. The normalized spacial score (nSPS) is 21.0. The van der Waals surface area contributed by atoms with Gasteiger partial charge in [-0.05, 0) is 94.5 Å². The molecule has 45 heavy (non-hydrogen) atoms. The van der Waals surface area contributed by atoms with Crippen molar-refractivity contribution in [1.82, 2.24) is 14.8 Å². The van der Waals surface area contributed by atoms with Crippen molar-refractivity contribution in [2.24, 2.45) is 5.41 Å². The van der Waals surface area contributed by atoms with Crippen molar-refractivity contribution in [3.05, 3.63) is 53.1 Å². The molecule has 2 atom stereocenters. The number of likely N-dealkylation sites (N-methyl/N-ethyl adjacent to an activating group) is 2. The fourth-order valence-corrected chi connectivity index (χ4v) is 7.70. The topological polar surface area (TPSA) is 82.0 Å². The molecule has 2 aliphatic carbocycles. The Hall–Kier alpha value is -3.36. The van der Waals surface area contributed by atoms with E-state index < -0.39 is 11.0 Å². The number of ether oxygens (including phenoxy) is 3. The summed E-state index contributed by atoms with van der Waals surface area (Å²) < 4.78 is 19.7. The van der Waals surface area contributed by atoms with Gasteiger partial charge in [-0.3, -0.25) is 4.79 Å². The van der Waals surface area contributed by atoms with Gasteiger partial charge in [0.05, 0.1) is 37.0 Å². The van der Waals surface area contributed by atoms with Gasteiger partial charge in [0.25, 0.3) is 0 Å². The number of nitrogens with one attached hydrogen (secondary N) is 1. The molecule has 2 fully saturated rings. The predicted octanol–water partition coefficient (Wildman–Crippen LogP) is 6.50. The number of rotatable bonds is 10. The maximum absolute atomic E-state index is 14.4. The lowest BCUT2D eigenvalue weighted by Gasteiger charge is -2.25. The van der Waals surface area contributed by atoms with Gasteiger partial charge in [0.1, 0.15) is 11.4 Å². The SMILES string of the molecule is CNCCOCCN(C)C(=O)C12C[C@H]1c1cc(OC)ccc1-c1c(C3CCCCC3)c3ccc(C(=O)OC(C)(C)C)cc3n1C2. The lowest BCUT2D eigenvalue weighted by molar-refractivity contribution is -0.137. The molecule has 8 nitrogen and oxygen atoms in total. The van der Waals surface area contributed by atoms with E-state index in [0.29, 0.717) is 37.8 Å². The van der Waals surface area contributed by atoms with Gasteiger partial charge in [0.15, 0.2) is 0 Å². The molecule has 1 unspecified atom stereocenters. The predicted molar refractivity (Wildman–Crippen MR) is 177 cm³/mol. The lowest BCUT2D eigenvalue weighted by atomic mass is 9.81. The highest BCUT2D eigenvalue weighted by Crippen LogP contribution is 2.66. The molecule has 242 valence electrons. The Labute approximate surface area is 267 Å². The number of carbonyl (C=O) groups excluding carboxylic acids is 2. The van der Waals surface area contributed by atoms with Crippen LogP contribution in [0.1, 0.15) is 92.6 Å². The Kier molecular flexibility index (Phi) is 8.74. The molecule has 3 aromatic rings.